The molecule has 1 fully saturated rings. The smallest absolute Gasteiger partial charge is 0.460 e. The molecule has 5 nitrogen and oxygen atoms in total. The van der Waals surface area contributed by atoms with Crippen LogP contribution in [0.3, 0.4) is 0 Å². The standard InChI is InChI=1S/C30H20N4O.Pt/c1-2-9-27-25(8-1)26-12-11-22(19-28(26)34(27)29-10-3-4-14-31-29)21-6-5-7-24(18-21)35-30-20-23(13-15-32-30)33-16-17-33;/h1-15,20H,16-17H2;/q-2;+2. The van der Waals surface area contributed by atoms with E-state index in [0.29, 0.717) is 11.6 Å². The largest absolute Gasteiger partial charge is 2.00 e. The Morgan fingerprint density at radius 3 is 2.44 bits per heavy atom. The van der Waals surface area contributed by atoms with Gasteiger partial charge in [0, 0.05) is 48.5 Å². The molecule has 1 aliphatic heterocycles. The number of aromatic nitrogens is 3. The molecular weight excluding hydrogens is 627 g/mol. The van der Waals surface area contributed by atoms with Crippen molar-refractivity contribution in [2.24, 2.45) is 0 Å². The molecule has 36 heavy (non-hydrogen) atoms. The Morgan fingerprint density at radius 1 is 0.722 bits per heavy atom. The summed E-state index contributed by atoms with van der Waals surface area (Å²) >= 11 is 0. The average Bonchev–Trinajstić information content (AvgIpc) is 3.71. The Hall–Kier alpha value is -3.95. The van der Waals surface area contributed by atoms with Crippen LogP contribution in [-0.4, -0.2) is 27.6 Å². The number of hydrogen-bond acceptors (Lipinski definition) is 4. The average molecular weight is 648 g/mol. The first kappa shape index (κ1) is 22.5. The maximum atomic E-state index is 6.07. The van der Waals surface area contributed by atoms with Gasteiger partial charge in [0.2, 0.25) is 5.88 Å². The van der Waals surface area contributed by atoms with Gasteiger partial charge in [-0.1, -0.05) is 29.7 Å². The van der Waals surface area contributed by atoms with Crippen molar-refractivity contribution in [2.75, 3.05) is 18.0 Å². The number of anilines is 1. The van der Waals surface area contributed by atoms with Crippen LogP contribution < -0.4 is 9.64 Å². The number of benzene rings is 3. The van der Waals surface area contributed by atoms with Crippen molar-refractivity contribution in [3.63, 3.8) is 0 Å². The number of rotatable bonds is 5. The van der Waals surface area contributed by atoms with Crippen LogP contribution in [0.2, 0.25) is 0 Å². The number of nitrogens with zero attached hydrogens (tertiary/aromatic N) is 4. The molecule has 1 aliphatic rings. The van der Waals surface area contributed by atoms with Crippen molar-refractivity contribution < 1.29 is 25.8 Å². The number of pyridine rings is 2. The molecule has 0 bridgehead atoms. The molecule has 0 spiro atoms. The third-order valence-corrected chi connectivity index (χ3v) is 6.27. The van der Waals surface area contributed by atoms with Gasteiger partial charge in [-0.2, -0.15) is 24.3 Å². The van der Waals surface area contributed by atoms with Crippen molar-refractivity contribution in [3.05, 3.63) is 109 Å². The fourth-order valence-electron chi connectivity index (χ4n) is 4.51. The van der Waals surface area contributed by atoms with Crippen LogP contribution in [0.25, 0.3) is 38.8 Å². The summed E-state index contributed by atoms with van der Waals surface area (Å²) < 4.78 is 8.23. The first-order chi connectivity index (χ1) is 17.3. The maximum Gasteiger partial charge on any atom is 2.00 e. The van der Waals surface area contributed by atoms with E-state index in [1.165, 1.54) is 5.39 Å². The van der Waals surface area contributed by atoms with E-state index in [-0.39, 0.29) is 21.1 Å². The van der Waals surface area contributed by atoms with Gasteiger partial charge in [-0.25, -0.2) is 21.1 Å². The van der Waals surface area contributed by atoms with Gasteiger partial charge in [-0.3, -0.25) is 0 Å². The van der Waals surface area contributed by atoms with Crippen LogP contribution in [0.15, 0.2) is 97.3 Å². The van der Waals surface area contributed by atoms with E-state index in [2.05, 4.69) is 68.0 Å². The van der Waals surface area contributed by atoms with Crippen LogP contribution in [-0.2, 0) is 21.1 Å². The quantitative estimate of drug-likeness (QED) is 0.159. The Morgan fingerprint density at radius 2 is 1.58 bits per heavy atom. The maximum absolute atomic E-state index is 6.07. The Balaban J connectivity index is 0.00000240. The van der Waals surface area contributed by atoms with Gasteiger partial charge in [-0.05, 0) is 35.2 Å². The fraction of sp³-hybridized carbons (Fsp3) is 0.0667. The van der Waals surface area contributed by atoms with Crippen LogP contribution >= 0.6 is 0 Å². The third-order valence-electron chi connectivity index (χ3n) is 6.27. The molecule has 0 radical (unpaired) electrons. The van der Waals surface area contributed by atoms with Crippen LogP contribution in [0.4, 0.5) is 5.69 Å². The molecule has 0 N–H and O–H groups in total. The number of fused-ring (bicyclic) bond motifs is 3. The first-order valence-electron chi connectivity index (χ1n) is 11.6. The van der Waals surface area contributed by atoms with E-state index in [0.717, 1.165) is 52.1 Å². The zero-order valence-electron chi connectivity index (χ0n) is 19.2. The van der Waals surface area contributed by atoms with Gasteiger partial charge in [0.1, 0.15) is 5.82 Å². The first-order valence-corrected chi connectivity index (χ1v) is 11.6. The molecule has 0 saturated carbocycles. The van der Waals surface area contributed by atoms with Gasteiger partial charge >= 0.3 is 21.1 Å². The number of hydrogen-bond donors (Lipinski definition) is 0. The number of ether oxygens (including phenoxy) is 1. The van der Waals surface area contributed by atoms with Crippen molar-refractivity contribution in [3.8, 4) is 28.6 Å². The van der Waals surface area contributed by atoms with Gasteiger partial charge in [0.25, 0.3) is 0 Å². The molecule has 1 saturated heterocycles. The van der Waals surface area contributed by atoms with Crippen molar-refractivity contribution in [1.82, 2.24) is 14.5 Å². The summed E-state index contributed by atoms with van der Waals surface area (Å²) in [6.45, 7) is 2.16. The minimum absolute atomic E-state index is 0. The molecule has 0 amide bonds. The zero-order valence-corrected chi connectivity index (χ0v) is 21.4. The van der Waals surface area contributed by atoms with Crippen LogP contribution in [0, 0.1) is 12.1 Å². The molecule has 0 atom stereocenters. The molecule has 4 heterocycles. The minimum Gasteiger partial charge on any atom is -0.460 e. The minimum atomic E-state index is 0. The van der Waals surface area contributed by atoms with Gasteiger partial charge < -0.3 is 14.2 Å². The Kier molecular flexibility index (Phi) is 5.78. The molecule has 3 aromatic carbocycles. The summed E-state index contributed by atoms with van der Waals surface area (Å²) in [5.74, 6) is 2.06. The topological polar surface area (TPSA) is 43.0 Å². The van der Waals surface area contributed by atoms with E-state index in [1.807, 2.05) is 54.7 Å². The van der Waals surface area contributed by atoms with Crippen molar-refractivity contribution >= 4 is 27.5 Å². The molecule has 6 heteroatoms. The molecule has 3 aromatic heterocycles. The summed E-state index contributed by atoms with van der Waals surface area (Å²) in [7, 11) is 0. The molecule has 7 rings (SSSR count). The van der Waals surface area contributed by atoms with E-state index >= 15 is 0 Å². The Labute approximate surface area is 223 Å². The number of para-hydroxylation sites is 1. The molecule has 0 unspecified atom stereocenters. The van der Waals surface area contributed by atoms with E-state index < -0.39 is 0 Å². The summed E-state index contributed by atoms with van der Waals surface area (Å²) in [4.78, 5) is 11.2. The van der Waals surface area contributed by atoms with Gasteiger partial charge in [0.15, 0.2) is 0 Å². The van der Waals surface area contributed by atoms with Crippen molar-refractivity contribution in [1.29, 1.82) is 0 Å². The zero-order chi connectivity index (χ0) is 23.2. The third kappa shape index (κ3) is 4.06. The van der Waals surface area contributed by atoms with E-state index in [9.17, 15) is 0 Å². The van der Waals surface area contributed by atoms with E-state index in [4.69, 9.17) is 4.74 Å². The molecule has 176 valence electrons. The second-order valence-corrected chi connectivity index (χ2v) is 8.54. The summed E-state index contributed by atoms with van der Waals surface area (Å²) in [5.41, 5.74) is 5.06. The summed E-state index contributed by atoms with van der Waals surface area (Å²) in [6, 6.07) is 35.5. The summed E-state index contributed by atoms with van der Waals surface area (Å²) in [5, 5.41) is 2.31. The SMILES string of the molecule is [Pt+2].[c-]1c(Oc2cc(N3CC3)ccn2)cccc1-c1[c-]c2c(cc1)c1ccccc1n2-c1ccccn1. The van der Waals surface area contributed by atoms with Crippen LogP contribution in [0.1, 0.15) is 0 Å². The molecule has 0 aliphatic carbocycles. The predicted molar refractivity (Wildman–Crippen MR) is 138 cm³/mol. The Bertz CT molecular complexity index is 1690. The molecule has 6 aromatic rings. The predicted octanol–water partition coefficient (Wildman–Crippen LogP) is 6.45. The monoisotopic (exact) mass is 647 g/mol. The van der Waals surface area contributed by atoms with Gasteiger partial charge in [-0.15, -0.1) is 18.2 Å². The second-order valence-electron chi connectivity index (χ2n) is 8.54. The fourth-order valence-corrected chi connectivity index (χ4v) is 4.51. The van der Waals surface area contributed by atoms with Crippen molar-refractivity contribution in [2.45, 2.75) is 0 Å². The van der Waals surface area contributed by atoms with Crippen LogP contribution in [0.5, 0.6) is 11.6 Å². The molecular formula is C30H20N4OPt. The van der Waals surface area contributed by atoms with Gasteiger partial charge in [0.05, 0.1) is 0 Å². The second kappa shape index (κ2) is 9.25. The normalized spacial score (nSPS) is 12.5. The summed E-state index contributed by atoms with van der Waals surface area (Å²) in [6.07, 6.45) is 3.60. The van der Waals surface area contributed by atoms with E-state index in [1.54, 1.807) is 6.20 Å².